The van der Waals surface area contributed by atoms with Crippen molar-refractivity contribution in [1.82, 2.24) is 5.16 Å². The van der Waals surface area contributed by atoms with Gasteiger partial charge in [0.15, 0.2) is 17.3 Å². The molecule has 1 aromatic carbocycles. The Labute approximate surface area is 166 Å². The first-order valence-electron chi connectivity index (χ1n) is 8.85. The van der Waals surface area contributed by atoms with E-state index >= 15 is 0 Å². The van der Waals surface area contributed by atoms with E-state index in [-0.39, 0.29) is 17.2 Å². The van der Waals surface area contributed by atoms with Gasteiger partial charge in [0.2, 0.25) is 5.78 Å². The van der Waals surface area contributed by atoms with E-state index in [1.807, 2.05) is 0 Å². The van der Waals surface area contributed by atoms with Crippen molar-refractivity contribution in [2.45, 2.75) is 19.9 Å². The van der Waals surface area contributed by atoms with Crippen molar-refractivity contribution >= 4 is 17.5 Å². The molecule has 2 aromatic heterocycles. The molecule has 8 nitrogen and oxygen atoms in total. The van der Waals surface area contributed by atoms with Crippen LogP contribution in [0.25, 0.3) is 0 Å². The molecule has 1 aliphatic rings. The average Bonchev–Trinajstić information content (AvgIpc) is 3.40. The molecule has 0 aliphatic carbocycles. The lowest BCUT2D eigenvalue weighted by Crippen LogP contribution is -2.31. The van der Waals surface area contributed by atoms with Crippen LogP contribution in [0.2, 0.25) is 0 Å². The Morgan fingerprint density at radius 1 is 1.14 bits per heavy atom. The summed E-state index contributed by atoms with van der Waals surface area (Å²) >= 11 is 0. The lowest BCUT2D eigenvalue weighted by atomic mass is 9.95. The molecule has 1 amide bonds. The van der Waals surface area contributed by atoms with Crippen molar-refractivity contribution in [3.8, 4) is 5.75 Å². The number of amides is 1. The third-order valence-corrected chi connectivity index (χ3v) is 4.71. The van der Waals surface area contributed by atoms with Crippen molar-refractivity contribution in [3.63, 3.8) is 0 Å². The molecule has 0 unspecified atom stereocenters. The molecule has 8 heteroatoms. The molecule has 0 radical (unpaired) electrons. The summed E-state index contributed by atoms with van der Waals surface area (Å²) in [6.45, 7) is 3.39. The summed E-state index contributed by atoms with van der Waals surface area (Å²) in [6, 6.07) is 10.7. The number of rotatable bonds is 5. The third-order valence-electron chi connectivity index (χ3n) is 4.71. The summed E-state index contributed by atoms with van der Waals surface area (Å²) < 4.78 is 15.7. The molecule has 3 heterocycles. The quantitative estimate of drug-likeness (QED) is 0.658. The Kier molecular flexibility index (Phi) is 4.46. The zero-order valence-corrected chi connectivity index (χ0v) is 16.0. The van der Waals surface area contributed by atoms with Gasteiger partial charge < -0.3 is 18.8 Å². The summed E-state index contributed by atoms with van der Waals surface area (Å²) in [4.78, 5) is 27.3. The molecule has 3 aromatic rings. The van der Waals surface area contributed by atoms with Crippen LogP contribution in [0.4, 0.5) is 5.82 Å². The second-order valence-electron chi connectivity index (χ2n) is 6.65. The van der Waals surface area contributed by atoms with Crippen molar-refractivity contribution in [1.29, 1.82) is 0 Å². The number of nitrogens with zero attached hydrogens (tertiary/aromatic N) is 2. The monoisotopic (exact) mass is 394 g/mol. The SMILES string of the molecule is COc1ccc([C@H]2C(C(=O)c3ccc(C)o3)=C(O)C(=O)N2c2cc(C)on2)cc1. The van der Waals surface area contributed by atoms with Gasteiger partial charge in [0.25, 0.3) is 5.91 Å². The number of ketones is 1. The molecule has 29 heavy (non-hydrogen) atoms. The third kappa shape index (κ3) is 3.08. The van der Waals surface area contributed by atoms with E-state index in [0.29, 0.717) is 22.8 Å². The van der Waals surface area contributed by atoms with Crippen molar-refractivity contribution in [3.05, 3.63) is 76.6 Å². The fourth-order valence-electron chi connectivity index (χ4n) is 3.33. The van der Waals surface area contributed by atoms with Gasteiger partial charge in [-0.3, -0.25) is 14.5 Å². The summed E-state index contributed by atoms with van der Waals surface area (Å²) in [6.07, 6.45) is 0. The van der Waals surface area contributed by atoms with E-state index in [0.717, 1.165) is 0 Å². The number of hydrogen-bond acceptors (Lipinski definition) is 7. The number of benzene rings is 1. The summed E-state index contributed by atoms with van der Waals surface area (Å²) in [5.41, 5.74) is 0.505. The zero-order valence-electron chi connectivity index (χ0n) is 16.0. The number of aryl methyl sites for hydroxylation is 2. The first-order chi connectivity index (χ1) is 13.9. The highest BCUT2D eigenvalue weighted by molar-refractivity contribution is 6.19. The maximum atomic E-state index is 13.1. The fraction of sp³-hybridized carbons (Fsp3) is 0.190. The van der Waals surface area contributed by atoms with Crippen LogP contribution in [-0.2, 0) is 4.79 Å². The Morgan fingerprint density at radius 2 is 1.86 bits per heavy atom. The number of carbonyl (C=O) groups is 2. The Morgan fingerprint density at radius 3 is 2.41 bits per heavy atom. The molecule has 148 valence electrons. The van der Waals surface area contributed by atoms with Crippen molar-refractivity contribution in [2.24, 2.45) is 0 Å². The number of carbonyl (C=O) groups excluding carboxylic acids is 2. The molecule has 0 saturated carbocycles. The van der Waals surface area contributed by atoms with Crippen LogP contribution in [0.5, 0.6) is 5.75 Å². The second-order valence-corrected chi connectivity index (χ2v) is 6.65. The van der Waals surface area contributed by atoms with Gasteiger partial charge in [0.05, 0.1) is 18.7 Å². The Balaban J connectivity index is 1.86. The highest BCUT2D eigenvalue weighted by Gasteiger charge is 2.46. The van der Waals surface area contributed by atoms with Crippen LogP contribution in [0, 0.1) is 13.8 Å². The van der Waals surface area contributed by atoms with Crippen molar-refractivity contribution < 1.29 is 28.4 Å². The minimum absolute atomic E-state index is 0.0357. The summed E-state index contributed by atoms with van der Waals surface area (Å²) in [7, 11) is 1.54. The number of ether oxygens (including phenoxy) is 1. The first-order valence-corrected chi connectivity index (χ1v) is 8.85. The van der Waals surface area contributed by atoms with Gasteiger partial charge in [-0.1, -0.05) is 17.3 Å². The Hall–Kier alpha value is -3.81. The molecule has 4 rings (SSSR count). The molecule has 1 N–H and O–H groups in total. The zero-order chi connectivity index (χ0) is 20.7. The van der Waals surface area contributed by atoms with E-state index in [4.69, 9.17) is 13.7 Å². The van der Waals surface area contributed by atoms with Gasteiger partial charge in [0.1, 0.15) is 17.3 Å². The van der Waals surface area contributed by atoms with Gasteiger partial charge in [0, 0.05) is 6.07 Å². The molecule has 0 fully saturated rings. The summed E-state index contributed by atoms with van der Waals surface area (Å²) in [5.74, 6) is -0.0924. The largest absolute Gasteiger partial charge is 0.503 e. The minimum Gasteiger partial charge on any atom is -0.503 e. The molecule has 0 saturated heterocycles. The normalized spacial score (nSPS) is 16.6. The van der Waals surface area contributed by atoms with E-state index in [9.17, 15) is 14.7 Å². The number of furan rings is 1. The average molecular weight is 394 g/mol. The number of anilines is 1. The predicted octanol–water partition coefficient (Wildman–Crippen LogP) is 3.68. The van der Waals surface area contributed by atoms with Crippen LogP contribution in [-0.4, -0.2) is 29.1 Å². The van der Waals surface area contributed by atoms with Gasteiger partial charge in [-0.05, 0) is 43.7 Å². The number of Topliss-reactive ketones (excluding diaryl/α,β-unsaturated/α-hetero) is 1. The maximum absolute atomic E-state index is 13.1. The predicted molar refractivity (Wildman–Crippen MR) is 102 cm³/mol. The van der Waals surface area contributed by atoms with Gasteiger partial charge >= 0.3 is 0 Å². The number of aliphatic hydroxyl groups is 1. The van der Waals surface area contributed by atoms with Crippen LogP contribution in [0.1, 0.15) is 33.7 Å². The van der Waals surface area contributed by atoms with Gasteiger partial charge in [-0.25, -0.2) is 0 Å². The number of aromatic nitrogens is 1. The molecule has 1 atom stereocenters. The highest BCUT2D eigenvalue weighted by atomic mass is 16.5. The van der Waals surface area contributed by atoms with E-state index in [2.05, 4.69) is 5.16 Å². The molecule has 0 spiro atoms. The van der Waals surface area contributed by atoms with Gasteiger partial charge in [-0.2, -0.15) is 0 Å². The maximum Gasteiger partial charge on any atom is 0.295 e. The van der Waals surface area contributed by atoms with Crippen LogP contribution < -0.4 is 9.64 Å². The van der Waals surface area contributed by atoms with Crippen LogP contribution in [0.3, 0.4) is 0 Å². The minimum atomic E-state index is -0.907. The van der Waals surface area contributed by atoms with Crippen LogP contribution in [0.15, 0.2) is 62.7 Å². The second kappa shape index (κ2) is 6.97. The Bertz CT molecular complexity index is 1120. The standard InChI is InChI=1S/C21H18N2O6/c1-11-4-9-15(28-11)19(24)17-18(13-5-7-14(27-3)8-6-13)23(21(26)20(17)25)16-10-12(2)29-22-16/h4-10,18,25H,1-3H3/t18-/m0/s1. The highest BCUT2D eigenvalue weighted by Crippen LogP contribution is 2.42. The molecule has 0 bridgehead atoms. The molecule has 1 aliphatic heterocycles. The molecular weight excluding hydrogens is 376 g/mol. The number of aliphatic hydroxyl groups excluding tert-OH is 1. The number of methoxy groups -OCH3 is 1. The van der Waals surface area contributed by atoms with Gasteiger partial charge in [-0.15, -0.1) is 0 Å². The smallest absolute Gasteiger partial charge is 0.295 e. The summed E-state index contributed by atoms with van der Waals surface area (Å²) in [5, 5.41) is 14.5. The first kappa shape index (κ1) is 18.5. The number of hydrogen-bond donors (Lipinski definition) is 1. The topological polar surface area (TPSA) is 106 Å². The van der Waals surface area contributed by atoms with E-state index in [1.54, 1.807) is 57.4 Å². The van der Waals surface area contributed by atoms with E-state index in [1.165, 1.54) is 11.0 Å². The lowest BCUT2D eigenvalue weighted by Gasteiger charge is -2.24. The van der Waals surface area contributed by atoms with Crippen LogP contribution >= 0.6 is 0 Å². The molecular formula is C21H18N2O6. The fourth-order valence-corrected chi connectivity index (χ4v) is 3.33. The van der Waals surface area contributed by atoms with Crippen molar-refractivity contribution in [2.75, 3.05) is 12.0 Å². The lowest BCUT2D eigenvalue weighted by molar-refractivity contribution is -0.117. The van der Waals surface area contributed by atoms with E-state index < -0.39 is 23.5 Å².